The number of hydrogen-bond acceptors (Lipinski definition) is 8. The first-order valence-electron chi connectivity index (χ1n) is 12.5. The van der Waals surface area contributed by atoms with Crippen LogP contribution >= 0.6 is 0 Å². The van der Waals surface area contributed by atoms with Gasteiger partial charge in [-0.25, -0.2) is 28.2 Å². The van der Waals surface area contributed by atoms with Gasteiger partial charge in [0.25, 0.3) is 5.96 Å². The van der Waals surface area contributed by atoms with Gasteiger partial charge in [-0.3, -0.25) is 9.69 Å². The van der Waals surface area contributed by atoms with Gasteiger partial charge in [-0.15, -0.1) is 0 Å². The highest BCUT2D eigenvalue weighted by Gasteiger charge is 2.34. The average molecular weight is 540 g/mol. The van der Waals surface area contributed by atoms with Gasteiger partial charge in [0.1, 0.15) is 10.9 Å². The molecule has 0 saturated carbocycles. The Morgan fingerprint density at radius 1 is 1.38 bits per heavy atom. The number of nitrogens with two attached hydrogens (primary N) is 1. The summed E-state index contributed by atoms with van der Waals surface area (Å²) in [6, 6.07) is 3.93. The van der Waals surface area contributed by atoms with E-state index < -0.39 is 33.1 Å². The number of nitrogens with one attached hydrogen (secondary N) is 3. The van der Waals surface area contributed by atoms with Gasteiger partial charge in [-0.2, -0.15) is 0 Å². The van der Waals surface area contributed by atoms with Gasteiger partial charge in [0.05, 0.1) is 5.69 Å². The number of carboxylic acids is 1. The third-order valence-corrected chi connectivity index (χ3v) is 8.40. The molecular weight excluding hydrogens is 502 g/mol. The van der Waals surface area contributed by atoms with Crippen molar-refractivity contribution in [1.29, 1.82) is 0 Å². The van der Waals surface area contributed by atoms with E-state index in [2.05, 4.69) is 22.0 Å². The number of sulfonamides is 1. The smallest absolute Gasteiger partial charge is 0.320 e. The third kappa shape index (κ3) is 8.01. The first-order chi connectivity index (χ1) is 17.5. The van der Waals surface area contributed by atoms with Crippen molar-refractivity contribution in [2.24, 2.45) is 22.6 Å². The molecule has 206 valence electrons. The van der Waals surface area contributed by atoms with Crippen molar-refractivity contribution in [3.8, 4) is 0 Å². The molecule has 4 atom stereocenters. The maximum absolute atomic E-state index is 13.5. The summed E-state index contributed by atoms with van der Waals surface area (Å²) < 4.78 is 29.9. The minimum Gasteiger partial charge on any atom is -0.480 e. The fourth-order valence-electron chi connectivity index (χ4n) is 4.98. The van der Waals surface area contributed by atoms with Crippen LogP contribution < -0.4 is 21.2 Å². The van der Waals surface area contributed by atoms with Crippen molar-refractivity contribution >= 4 is 27.6 Å². The van der Waals surface area contributed by atoms with Crippen LogP contribution in [0.2, 0.25) is 0 Å². The summed E-state index contributed by atoms with van der Waals surface area (Å²) in [5.41, 5.74) is 8.78. The van der Waals surface area contributed by atoms with Gasteiger partial charge in [0, 0.05) is 25.7 Å². The summed E-state index contributed by atoms with van der Waals surface area (Å²) in [5, 5.41) is 22.7. The quantitative estimate of drug-likeness (QED) is 0.0890. The number of hydrogen-bond donors (Lipinski definition) is 5. The van der Waals surface area contributed by atoms with Gasteiger partial charge in [0.2, 0.25) is 10.0 Å². The molecule has 1 aromatic carbocycles. The summed E-state index contributed by atoms with van der Waals surface area (Å²) in [5.74, 6) is -0.609. The number of anilines is 1. The van der Waals surface area contributed by atoms with Crippen LogP contribution in [0.5, 0.6) is 0 Å². The molecule has 0 aliphatic carbocycles. The molecule has 3 rings (SSSR count). The topological polar surface area (TPSA) is 192 Å². The molecule has 3 unspecified atom stereocenters. The van der Waals surface area contributed by atoms with Crippen molar-refractivity contribution < 1.29 is 23.4 Å². The summed E-state index contributed by atoms with van der Waals surface area (Å²) in [7, 11) is -3.94. The molecule has 2 aliphatic heterocycles. The first kappa shape index (κ1) is 28.6. The van der Waals surface area contributed by atoms with Crippen LogP contribution in [0.25, 0.3) is 0 Å². The van der Waals surface area contributed by atoms with E-state index in [0.29, 0.717) is 44.0 Å². The number of rotatable bonds is 11. The number of hydrazine groups is 1. The second kappa shape index (κ2) is 12.5. The number of nitro groups is 1. The highest BCUT2D eigenvalue weighted by atomic mass is 32.2. The van der Waals surface area contributed by atoms with Crippen LogP contribution in [-0.4, -0.2) is 73.6 Å². The van der Waals surface area contributed by atoms with Crippen molar-refractivity contribution in [3.63, 3.8) is 0 Å². The molecule has 1 aromatic rings. The Balaban J connectivity index is 1.79. The fraction of sp³-hybridized carbons (Fsp3) is 0.652. The molecule has 0 aromatic heterocycles. The molecule has 37 heavy (non-hydrogen) atoms. The maximum atomic E-state index is 13.5. The number of fused-ring (bicyclic) bond motifs is 1. The van der Waals surface area contributed by atoms with E-state index in [1.165, 1.54) is 0 Å². The summed E-state index contributed by atoms with van der Waals surface area (Å²) in [6.45, 7) is 5.70. The fourth-order valence-corrected chi connectivity index (χ4v) is 6.47. The Kier molecular flexibility index (Phi) is 9.68. The maximum Gasteiger partial charge on any atom is 0.320 e. The van der Waals surface area contributed by atoms with E-state index in [1.54, 1.807) is 17.6 Å². The Hall–Kier alpha value is -2.97. The highest BCUT2D eigenvalue weighted by Crippen LogP contribution is 2.31. The number of aliphatic imine (C=N–C) groups is 1. The Morgan fingerprint density at radius 2 is 2.14 bits per heavy atom. The predicted molar refractivity (Wildman–Crippen MR) is 139 cm³/mol. The Morgan fingerprint density at radius 3 is 2.84 bits per heavy atom. The van der Waals surface area contributed by atoms with E-state index in [0.717, 1.165) is 18.4 Å². The molecule has 2 heterocycles. The molecule has 0 bridgehead atoms. The summed E-state index contributed by atoms with van der Waals surface area (Å²) >= 11 is 0. The minimum absolute atomic E-state index is 0.143. The zero-order chi connectivity index (χ0) is 27.2. The highest BCUT2D eigenvalue weighted by molar-refractivity contribution is 7.89. The number of carboxylic acid groups (broad SMARTS) is 1. The first-order valence-corrected chi connectivity index (χ1v) is 14.0. The lowest BCUT2D eigenvalue weighted by atomic mass is 9.92. The van der Waals surface area contributed by atoms with Gasteiger partial charge >= 0.3 is 5.97 Å². The summed E-state index contributed by atoms with van der Waals surface area (Å²) in [4.78, 5) is 28.3. The van der Waals surface area contributed by atoms with Crippen molar-refractivity contribution in [1.82, 2.24) is 15.0 Å². The van der Waals surface area contributed by atoms with Crippen molar-refractivity contribution in [2.45, 2.75) is 62.9 Å². The largest absolute Gasteiger partial charge is 0.480 e. The molecule has 0 radical (unpaired) electrons. The monoisotopic (exact) mass is 539 g/mol. The van der Waals surface area contributed by atoms with E-state index >= 15 is 0 Å². The van der Waals surface area contributed by atoms with Crippen LogP contribution in [-0.2, 0) is 21.2 Å². The molecule has 0 amide bonds. The number of para-hydroxylation sites is 1. The zero-order valence-corrected chi connectivity index (χ0v) is 22.0. The molecule has 14 heteroatoms. The standard InChI is InChI=1S/C23H37N7O6S/c1-15-8-10-29(19(12-15)22(31)32)14-18(6-4-9-25-23(24)27-30(33)34)28-37(35,36)20-7-3-5-17-11-16(2)13-26-21(17)20/h3,5,7,15-16,18-19,26,28H,4,6,8-14H2,1-2H3,(H,31,32)(H3,24,25,27)/t15?,16?,18-,19?/m1/s1. The van der Waals surface area contributed by atoms with Gasteiger partial charge in [-0.1, -0.05) is 31.4 Å². The second-order valence-electron chi connectivity index (χ2n) is 10.1. The number of likely N-dealkylation sites (tertiary alicyclic amines) is 1. The molecule has 1 fully saturated rings. The Labute approximate surface area is 217 Å². The number of benzene rings is 1. The third-order valence-electron chi connectivity index (χ3n) is 6.83. The number of nitrogens with zero attached hydrogens (tertiary/aromatic N) is 3. The van der Waals surface area contributed by atoms with Crippen LogP contribution in [0.15, 0.2) is 28.1 Å². The van der Waals surface area contributed by atoms with Gasteiger partial charge < -0.3 is 16.2 Å². The van der Waals surface area contributed by atoms with E-state index in [9.17, 15) is 28.4 Å². The zero-order valence-electron chi connectivity index (χ0n) is 21.2. The van der Waals surface area contributed by atoms with E-state index in [4.69, 9.17) is 5.73 Å². The molecule has 0 spiro atoms. The predicted octanol–water partition coefficient (Wildman–Crippen LogP) is 0.999. The lowest BCUT2D eigenvalue weighted by Gasteiger charge is -2.38. The van der Waals surface area contributed by atoms with Gasteiger partial charge in [-0.05, 0) is 62.1 Å². The summed E-state index contributed by atoms with van der Waals surface area (Å²) in [6.07, 6.45) is 2.82. The molecule has 2 aliphatic rings. The van der Waals surface area contributed by atoms with E-state index in [1.807, 2.05) is 17.9 Å². The lowest BCUT2D eigenvalue weighted by Crippen LogP contribution is -2.52. The number of guanidine groups is 1. The second-order valence-corrected chi connectivity index (χ2v) is 11.7. The normalized spacial score (nSPS) is 23.5. The Bertz CT molecular complexity index is 1110. The SMILES string of the molecule is CC1CNc2c(cccc2S(=O)(=O)N[C@H](CCCN=C(N)N[N+](=O)[O-])CN2CCC(C)CC2C(=O)O)C1. The number of carbonyl (C=O) groups is 1. The van der Waals surface area contributed by atoms with Crippen LogP contribution in [0.1, 0.15) is 45.1 Å². The van der Waals surface area contributed by atoms with E-state index in [-0.39, 0.29) is 29.9 Å². The molecular formula is C23H37N7O6S. The number of aliphatic carboxylic acids is 1. The molecule has 13 nitrogen and oxygen atoms in total. The van der Waals surface area contributed by atoms with Crippen LogP contribution in [0.3, 0.4) is 0 Å². The van der Waals surface area contributed by atoms with Crippen LogP contribution in [0.4, 0.5) is 5.69 Å². The van der Waals surface area contributed by atoms with Crippen molar-refractivity contribution in [2.75, 3.05) is 31.5 Å². The van der Waals surface area contributed by atoms with Crippen molar-refractivity contribution in [3.05, 3.63) is 33.9 Å². The minimum atomic E-state index is -3.94. The van der Waals surface area contributed by atoms with Gasteiger partial charge in [0.15, 0.2) is 5.03 Å². The van der Waals surface area contributed by atoms with Crippen LogP contribution in [0, 0.1) is 22.0 Å². The average Bonchev–Trinajstić information content (AvgIpc) is 2.81. The number of piperidine rings is 1. The lowest BCUT2D eigenvalue weighted by molar-refractivity contribution is -0.525. The molecule has 1 saturated heterocycles. The molecule has 6 N–H and O–H groups in total.